The van der Waals surface area contributed by atoms with Crippen molar-refractivity contribution in [2.24, 2.45) is 5.92 Å². The zero-order valence-corrected chi connectivity index (χ0v) is 15.0. The largest absolute Gasteiger partial charge is 0.381 e. The maximum absolute atomic E-state index is 12.6. The van der Waals surface area contributed by atoms with E-state index in [1.165, 1.54) is 0 Å². The summed E-state index contributed by atoms with van der Waals surface area (Å²) < 4.78 is 7.07. The Hall–Kier alpha value is -2.48. The minimum absolute atomic E-state index is 0.131. The van der Waals surface area contributed by atoms with Crippen LogP contribution in [0.4, 0.5) is 5.82 Å². The zero-order valence-electron chi connectivity index (χ0n) is 15.0. The SMILES string of the molecule is Cc1ccn(-c2ccc(N3CCN(C(=O)C4CCOCC4)CC3)nn2)n1. The van der Waals surface area contributed by atoms with Crippen LogP contribution in [-0.4, -0.2) is 70.2 Å². The third-order valence-corrected chi connectivity index (χ3v) is 5.08. The molecule has 1 amide bonds. The Morgan fingerprint density at radius 3 is 2.35 bits per heavy atom. The molecule has 2 saturated heterocycles. The van der Waals surface area contributed by atoms with Gasteiger partial charge in [-0.05, 0) is 38.0 Å². The quantitative estimate of drug-likeness (QED) is 0.818. The summed E-state index contributed by atoms with van der Waals surface area (Å²) in [7, 11) is 0. The minimum Gasteiger partial charge on any atom is -0.381 e. The summed E-state index contributed by atoms with van der Waals surface area (Å²) in [6.07, 6.45) is 3.57. The Morgan fingerprint density at radius 2 is 1.73 bits per heavy atom. The van der Waals surface area contributed by atoms with E-state index in [9.17, 15) is 4.79 Å². The van der Waals surface area contributed by atoms with Crippen LogP contribution in [0.1, 0.15) is 18.5 Å². The summed E-state index contributed by atoms with van der Waals surface area (Å²) in [5, 5.41) is 13.0. The fourth-order valence-corrected chi connectivity index (χ4v) is 3.51. The predicted octanol–water partition coefficient (Wildman–Crippen LogP) is 1.05. The van der Waals surface area contributed by atoms with Crippen molar-refractivity contribution in [3.8, 4) is 5.82 Å². The number of anilines is 1. The van der Waals surface area contributed by atoms with Gasteiger partial charge in [-0.2, -0.15) is 5.10 Å². The molecule has 0 unspecified atom stereocenters. The lowest BCUT2D eigenvalue weighted by Gasteiger charge is -2.37. The minimum atomic E-state index is 0.131. The molecule has 26 heavy (non-hydrogen) atoms. The van der Waals surface area contributed by atoms with E-state index in [0.717, 1.165) is 50.5 Å². The monoisotopic (exact) mass is 356 g/mol. The summed E-state index contributed by atoms with van der Waals surface area (Å²) in [5.74, 6) is 1.96. The average molecular weight is 356 g/mol. The van der Waals surface area contributed by atoms with Crippen molar-refractivity contribution in [3.05, 3.63) is 30.1 Å². The van der Waals surface area contributed by atoms with Crippen molar-refractivity contribution in [1.82, 2.24) is 24.9 Å². The van der Waals surface area contributed by atoms with Crippen LogP contribution in [0.25, 0.3) is 5.82 Å². The fraction of sp³-hybridized carbons (Fsp3) is 0.556. The second-order valence-corrected chi connectivity index (χ2v) is 6.85. The summed E-state index contributed by atoms with van der Waals surface area (Å²) >= 11 is 0. The van der Waals surface area contributed by atoms with Gasteiger partial charge in [0.1, 0.15) is 0 Å². The zero-order chi connectivity index (χ0) is 17.9. The van der Waals surface area contributed by atoms with Gasteiger partial charge in [-0.25, -0.2) is 4.68 Å². The molecular weight excluding hydrogens is 332 g/mol. The fourth-order valence-electron chi connectivity index (χ4n) is 3.51. The molecule has 8 nitrogen and oxygen atoms in total. The maximum Gasteiger partial charge on any atom is 0.225 e. The van der Waals surface area contributed by atoms with Gasteiger partial charge in [0, 0.05) is 51.5 Å². The van der Waals surface area contributed by atoms with Crippen molar-refractivity contribution >= 4 is 11.7 Å². The highest BCUT2D eigenvalue weighted by Crippen LogP contribution is 2.20. The molecule has 2 aliphatic rings. The Balaban J connectivity index is 1.35. The van der Waals surface area contributed by atoms with Crippen LogP contribution in [0.15, 0.2) is 24.4 Å². The van der Waals surface area contributed by atoms with Gasteiger partial charge in [0.05, 0.1) is 5.69 Å². The smallest absolute Gasteiger partial charge is 0.225 e. The van der Waals surface area contributed by atoms with Crippen LogP contribution in [-0.2, 0) is 9.53 Å². The summed E-state index contributed by atoms with van der Waals surface area (Å²) in [5.41, 5.74) is 0.946. The van der Waals surface area contributed by atoms with E-state index in [0.29, 0.717) is 19.0 Å². The van der Waals surface area contributed by atoms with Gasteiger partial charge in [-0.15, -0.1) is 10.2 Å². The van der Waals surface area contributed by atoms with Gasteiger partial charge in [0.15, 0.2) is 11.6 Å². The van der Waals surface area contributed by atoms with Crippen molar-refractivity contribution in [3.63, 3.8) is 0 Å². The van der Waals surface area contributed by atoms with Gasteiger partial charge in [-0.3, -0.25) is 4.79 Å². The summed E-state index contributed by atoms with van der Waals surface area (Å²) in [6.45, 7) is 6.38. The highest BCUT2D eigenvalue weighted by molar-refractivity contribution is 5.79. The molecular formula is C18H24N6O2. The molecule has 2 fully saturated rings. The van der Waals surface area contributed by atoms with Crippen molar-refractivity contribution in [2.75, 3.05) is 44.3 Å². The molecule has 4 rings (SSSR count). The van der Waals surface area contributed by atoms with Gasteiger partial charge < -0.3 is 14.5 Å². The van der Waals surface area contributed by atoms with E-state index in [1.807, 2.05) is 36.2 Å². The third kappa shape index (κ3) is 3.55. The van der Waals surface area contributed by atoms with Crippen LogP contribution < -0.4 is 4.90 Å². The van der Waals surface area contributed by atoms with E-state index in [1.54, 1.807) is 4.68 Å². The Bertz CT molecular complexity index is 745. The van der Waals surface area contributed by atoms with Gasteiger partial charge in [0.25, 0.3) is 0 Å². The molecule has 0 aromatic carbocycles. The van der Waals surface area contributed by atoms with E-state index in [2.05, 4.69) is 20.2 Å². The molecule has 4 heterocycles. The topological polar surface area (TPSA) is 76.4 Å². The number of amides is 1. The Morgan fingerprint density at radius 1 is 1.04 bits per heavy atom. The lowest BCUT2D eigenvalue weighted by atomic mass is 9.98. The van der Waals surface area contributed by atoms with Crippen molar-refractivity contribution in [1.29, 1.82) is 0 Å². The molecule has 0 N–H and O–H groups in total. The molecule has 2 aromatic rings. The van der Waals surface area contributed by atoms with Crippen LogP contribution in [0.3, 0.4) is 0 Å². The number of aromatic nitrogens is 4. The number of nitrogens with zero attached hydrogens (tertiary/aromatic N) is 6. The molecule has 8 heteroatoms. The molecule has 2 aromatic heterocycles. The number of rotatable bonds is 3. The highest BCUT2D eigenvalue weighted by Gasteiger charge is 2.29. The summed E-state index contributed by atoms with van der Waals surface area (Å²) in [6, 6.07) is 5.83. The molecule has 0 atom stereocenters. The first-order chi connectivity index (χ1) is 12.7. The Kier molecular flexibility index (Phi) is 4.83. The lowest BCUT2D eigenvalue weighted by molar-refractivity contribution is -0.138. The molecule has 0 radical (unpaired) electrons. The van der Waals surface area contributed by atoms with Crippen LogP contribution in [0.2, 0.25) is 0 Å². The van der Waals surface area contributed by atoms with Crippen LogP contribution >= 0.6 is 0 Å². The molecule has 0 bridgehead atoms. The summed E-state index contributed by atoms with van der Waals surface area (Å²) in [4.78, 5) is 16.8. The first kappa shape index (κ1) is 17.0. The number of hydrogen-bond donors (Lipinski definition) is 0. The van der Waals surface area contributed by atoms with Gasteiger partial charge in [0.2, 0.25) is 5.91 Å². The lowest BCUT2D eigenvalue weighted by Crippen LogP contribution is -2.51. The number of hydrogen-bond acceptors (Lipinski definition) is 6. The van der Waals surface area contributed by atoms with Crippen LogP contribution in [0.5, 0.6) is 0 Å². The highest BCUT2D eigenvalue weighted by atomic mass is 16.5. The van der Waals surface area contributed by atoms with E-state index in [-0.39, 0.29) is 11.8 Å². The molecule has 2 aliphatic heterocycles. The first-order valence-corrected chi connectivity index (χ1v) is 9.18. The van der Waals surface area contributed by atoms with Crippen LogP contribution in [0, 0.1) is 12.8 Å². The van der Waals surface area contributed by atoms with E-state index >= 15 is 0 Å². The van der Waals surface area contributed by atoms with Crippen molar-refractivity contribution < 1.29 is 9.53 Å². The second kappa shape index (κ2) is 7.41. The van der Waals surface area contributed by atoms with Gasteiger partial charge >= 0.3 is 0 Å². The van der Waals surface area contributed by atoms with E-state index in [4.69, 9.17) is 4.74 Å². The van der Waals surface area contributed by atoms with Crippen molar-refractivity contribution in [2.45, 2.75) is 19.8 Å². The third-order valence-electron chi connectivity index (χ3n) is 5.08. The molecule has 0 aliphatic carbocycles. The van der Waals surface area contributed by atoms with E-state index < -0.39 is 0 Å². The first-order valence-electron chi connectivity index (χ1n) is 9.18. The predicted molar refractivity (Wildman–Crippen MR) is 96.2 cm³/mol. The number of carbonyl (C=O) groups excluding carboxylic acids is 1. The van der Waals surface area contributed by atoms with Gasteiger partial charge in [-0.1, -0.05) is 0 Å². The molecule has 0 saturated carbocycles. The number of ether oxygens (including phenoxy) is 1. The maximum atomic E-state index is 12.6. The number of aryl methyl sites for hydroxylation is 1. The average Bonchev–Trinajstić information content (AvgIpc) is 3.15. The Labute approximate surface area is 152 Å². The second-order valence-electron chi connectivity index (χ2n) is 6.85. The molecule has 0 spiro atoms. The number of carbonyl (C=O) groups is 1. The standard InChI is InChI=1S/C18H24N6O2/c1-14-4-7-24(21-14)17-3-2-16(19-20-17)22-8-10-23(11-9-22)18(25)15-5-12-26-13-6-15/h2-4,7,15H,5-6,8-13H2,1H3. The normalized spacial score (nSPS) is 19.0. The number of piperazine rings is 1. The molecule has 138 valence electrons.